The van der Waals surface area contributed by atoms with Crippen molar-refractivity contribution in [3.8, 4) is 11.3 Å². The molecule has 0 aliphatic carbocycles. The minimum absolute atomic E-state index is 0.719. The summed E-state index contributed by atoms with van der Waals surface area (Å²) in [6.07, 6.45) is 7.54. The summed E-state index contributed by atoms with van der Waals surface area (Å²) < 4.78 is 2.13. The summed E-state index contributed by atoms with van der Waals surface area (Å²) >= 11 is 0. The third kappa shape index (κ3) is 3.43. The van der Waals surface area contributed by atoms with Gasteiger partial charge in [0.1, 0.15) is 0 Å². The van der Waals surface area contributed by atoms with Crippen LogP contribution in [0.5, 0.6) is 0 Å². The number of piperidine rings is 1. The van der Waals surface area contributed by atoms with E-state index in [2.05, 4.69) is 44.7 Å². The Labute approximate surface area is 148 Å². The fraction of sp³-hybridized carbons (Fsp3) is 0.400. The van der Waals surface area contributed by atoms with Crippen molar-refractivity contribution < 1.29 is 0 Å². The minimum Gasteiger partial charge on any atom is -0.330 e. The van der Waals surface area contributed by atoms with Crippen LogP contribution in [0.4, 0.5) is 0 Å². The van der Waals surface area contributed by atoms with Crippen molar-refractivity contribution >= 4 is 5.78 Å². The van der Waals surface area contributed by atoms with E-state index in [9.17, 15) is 0 Å². The molecule has 3 heterocycles. The van der Waals surface area contributed by atoms with Crippen molar-refractivity contribution in [3.63, 3.8) is 0 Å². The predicted molar refractivity (Wildman–Crippen MR) is 100 cm³/mol. The molecule has 4 rings (SSSR count). The van der Waals surface area contributed by atoms with Gasteiger partial charge in [-0.25, -0.2) is 9.97 Å². The van der Waals surface area contributed by atoms with Gasteiger partial charge in [-0.15, -0.1) is 0 Å². The summed E-state index contributed by atoms with van der Waals surface area (Å²) in [6.45, 7) is 3.95. The van der Waals surface area contributed by atoms with Gasteiger partial charge < -0.3 is 5.73 Å². The Kier molecular flexibility index (Phi) is 4.76. The van der Waals surface area contributed by atoms with E-state index in [4.69, 9.17) is 10.7 Å². The monoisotopic (exact) mass is 335 g/mol. The van der Waals surface area contributed by atoms with Crippen LogP contribution < -0.4 is 5.73 Å². The van der Waals surface area contributed by atoms with E-state index in [0.717, 1.165) is 55.6 Å². The molecule has 1 atom stereocenters. The van der Waals surface area contributed by atoms with Crippen LogP contribution in [0, 0.1) is 5.92 Å². The quantitative estimate of drug-likeness (QED) is 0.779. The minimum atomic E-state index is 0.719. The first kappa shape index (κ1) is 16.2. The Morgan fingerprint density at radius 3 is 2.88 bits per heavy atom. The third-order valence-electron chi connectivity index (χ3n) is 5.10. The van der Waals surface area contributed by atoms with E-state index < -0.39 is 0 Å². The van der Waals surface area contributed by atoms with E-state index >= 15 is 0 Å². The van der Waals surface area contributed by atoms with Gasteiger partial charge in [0.25, 0.3) is 0 Å². The zero-order valence-electron chi connectivity index (χ0n) is 14.5. The lowest BCUT2D eigenvalue weighted by Gasteiger charge is -2.32. The Morgan fingerprint density at radius 1 is 1.16 bits per heavy atom. The molecule has 5 heteroatoms. The van der Waals surface area contributed by atoms with Crippen molar-refractivity contribution in [1.29, 1.82) is 0 Å². The van der Waals surface area contributed by atoms with Crippen LogP contribution in [0.15, 0.2) is 48.8 Å². The third-order valence-corrected chi connectivity index (χ3v) is 5.10. The van der Waals surface area contributed by atoms with E-state index in [1.807, 2.05) is 12.1 Å². The maximum atomic E-state index is 5.77. The highest BCUT2D eigenvalue weighted by atomic mass is 15.2. The Hall–Kier alpha value is -2.24. The largest absolute Gasteiger partial charge is 0.330 e. The Bertz CT molecular complexity index is 824. The van der Waals surface area contributed by atoms with Crippen LogP contribution in [0.1, 0.15) is 25.0 Å². The molecule has 5 nitrogen and oxygen atoms in total. The van der Waals surface area contributed by atoms with Gasteiger partial charge in [0.2, 0.25) is 5.78 Å². The second-order valence-electron chi connectivity index (χ2n) is 6.88. The number of hydrogen-bond donors (Lipinski definition) is 1. The lowest BCUT2D eigenvalue weighted by molar-refractivity contribution is 0.161. The van der Waals surface area contributed by atoms with E-state index in [1.165, 1.54) is 18.5 Å². The summed E-state index contributed by atoms with van der Waals surface area (Å²) in [5.74, 6) is 1.49. The molecule has 1 aliphatic heterocycles. The lowest BCUT2D eigenvalue weighted by atomic mass is 9.94. The smallest absolute Gasteiger partial charge is 0.234 e. The van der Waals surface area contributed by atoms with Crippen LogP contribution in [-0.2, 0) is 6.54 Å². The van der Waals surface area contributed by atoms with Gasteiger partial charge in [0, 0.05) is 31.0 Å². The molecule has 1 saturated heterocycles. The molecule has 1 fully saturated rings. The van der Waals surface area contributed by atoms with Crippen LogP contribution in [0.25, 0.3) is 17.0 Å². The normalized spacial score (nSPS) is 18.7. The number of benzene rings is 1. The standard InChI is InChI=1S/C20H25N5/c21-10-9-16-6-4-12-24(14-16)15-18-19(17-7-2-1-3-8-17)23-20-22-11-5-13-25(18)20/h1-3,5,7-8,11,13,16H,4,6,9-10,12,14-15,21H2/t16-/m0/s1. The van der Waals surface area contributed by atoms with E-state index in [1.54, 1.807) is 6.20 Å². The maximum Gasteiger partial charge on any atom is 0.234 e. The molecule has 2 N–H and O–H groups in total. The van der Waals surface area contributed by atoms with Crippen molar-refractivity contribution in [3.05, 3.63) is 54.5 Å². The fourth-order valence-corrected chi connectivity index (χ4v) is 3.89. The molecule has 0 amide bonds. The van der Waals surface area contributed by atoms with Crippen LogP contribution in [-0.4, -0.2) is 38.9 Å². The van der Waals surface area contributed by atoms with Gasteiger partial charge in [-0.2, -0.15) is 0 Å². The number of nitrogens with two attached hydrogens (primary N) is 1. The number of aromatic nitrogens is 3. The highest BCUT2D eigenvalue weighted by Gasteiger charge is 2.22. The summed E-state index contributed by atoms with van der Waals surface area (Å²) in [5.41, 5.74) is 9.19. The van der Waals surface area contributed by atoms with Crippen LogP contribution in [0.3, 0.4) is 0 Å². The fourth-order valence-electron chi connectivity index (χ4n) is 3.89. The summed E-state index contributed by atoms with van der Waals surface area (Å²) in [4.78, 5) is 11.8. The molecule has 0 bridgehead atoms. The SMILES string of the molecule is NCC[C@@H]1CCCN(Cc2c(-c3ccccc3)nc3ncccn23)C1. The summed E-state index contributed by atoms with van der Waals surface area (Å²) in [5, 5.41) is 0. The van der Waals surface area contributed by atoms with Gasteiger partial charge in [0.15, 0.2) is 0 Å². The number of likely N-dealkylation sites (tertiary alicyclic amines) is 1. The Morgan fingerprint density at radius 2 is 2.04 bits per heavy atom. The molecule has 1 aliphatic rings. The topological polar surface area (TPSA) is 59.5 Å². The zero-order valence-corrected chi connectivity index (χ0v) is 14.5. The van der Waals surface area contributed by atoms with Gasteiger partial charge >= 0.3 is 0 Å². The summed E-state index contributed by atoms with van der Waals surface area (Å²) in [6, 6.07) is 12.4. The van der Waals surface area contributed by atoms with Gasteiger partial charge in [-0.3, -0.25) is 9.30 Å². The number of nitrogens with zero attached hydrogens (tertiary/aromatic N) is 4. The first-order valence-electron chi connectivity index (χ1n) is 9.15. The van der Waals surface area contributed by atoms with Gasteiger partial charge in [-0.1, -0.05) is 30.3 Å². The van der Waals surface area contributed by atoms with E-state index in [0.29, 0.717) is 0 Å². The van der Waals surface area contributed by atoms with Crippen molar-refractivity contribution in [1.82, 2.24) is 19.3 Å². The average molecular weight is 335 g/mol. The number of rotatable bonds is 5. The molecular weight excluding hydrogens is 310 g/mol. The van der Waals surface area contributed by atoms with Crippen LogP contribution >= 0.6 is 0 Å². The molecule has 0 saturated carbocycles. The number of hydrogen-bond acceptors (Lipinski definition) is 4. The maximum absolute atomic E-state index is 5.77. The first-order chi connectivity index (χ1) is 12.3. The summed E-state index contributed by atoms with van der Waals surface area (Å²) in [7, 11) is 0. The number of imidazole rings is 1. The lowest BCUT2D eigenvalue weighted by Crippen LogP contribution is -2.36. The molecule has 0 unspecified atom stereocenters. The molecular formula is C20H25N5. The molecule has 1 aromatic carbocycles. The van der Waals surface area contributed by atoms with Crippen LogP contribution in [0.2, 0.25) is 0 Å². The number of fused-ring (bicyclic) bond motifs is 1. The van der Waals surface area contributed by atoms with Gasteiger partial charge in [-0.05, 0) is 44.3 Å². The Balaban J connectivity index is 1.68. The average Bonchev–Trinajstić information content (AvgIpc) is 3.02. The van der Waals surface area contributed by atoms with E-state index in [-0.39, 0.29) is 0 Å². The van der Waals surface area contributed by atoms with Crippen molar-refractivity contribution in [2.24, 2.45) is 11.7 Å². The van der Waals surface area contributed by atoms with Crippen molar-refractivity contribution in [2.45, 2.75) is 25.8 Å². The molecule has 0 radical (unpaired) electrons. The predicted octanol–water partition coefficient (Wildman–Crippen LogP) is 2.96. The molecule has 25 heavy (non-hydrogen) atoms. The zero-order chi connectivity index (χ0) is 17.1. The highest BCUT2D eigenvalue weighted by molar-refractivity contribution is 5.65. The molecule has 0 spiro atoms. The second-order valence-corrected chi connectivity index (χ2v) is 6.88. The van der Waals surface area contributed by atoms with Crippen molar-refractivity contribution in [2.75, 3.05) is 19.6 Å². The molecule has 3 aromatic rings. The first-order valence-corrected chi connectivity index (χ1v) is 9.15. The van der Waals surface area contributed by atoms with Gasteiger partial charge in [0.05, 0.1) is 11.4 Å². The molecule has 2 aromatic heterocycles. The molecule has 130 valence electrons. The second kappa shape index (κ2) is 7.33. The highest BCUT2D eigenvalue weighted by Crippen LogP contribution is 2.27.